The number of ether oxygens (including phenoxy) is 1. The van der Waals surface area contributed by atoms with Gasteiger partial charge in [0.25, 0.3) is 0 Å². The lowest BCUT2D eigenvalue weighted by molar-refractivity contribution is -0.385. The highest BCUT2D eigenvalue weighted by Gasteiger charge is 2.19. The van der Waals surface area contributed by atoms with E-state index in [0.29, 0.717) is 11.1 Å². The summed E-state index contributed by atoms with van der Waals surface area (Å²) in [6.45, 7) is 0. The van der Waals surface area contributed by atoms with Crippen LogP contribution >= 0.6 is 43.5 Å². The molecule has 4 nitrogen and oxygen atoms in total. The van der Waals surface area contributed by atoms with Gasteiger partial charge in [-0.1, -0.05) is 55.6 Å². The fourth-order valence-corrected chi connectivity index (χ4v) is 3.13. The van der Waals surface area contributed by atoms with E-state index in [1.807, 2.05) is 6.07 Å². The zero-order valence-electron chi connectivity index (χ0n) is 9.98. The number of rotatable bonds is 4. The summed E-state index contributed by atoms with van der Waals surface area (Å²) in [5.74, 6) is 0.510. The van der Waals surface area contributed by atoms with Gasteiger partial charge >= 0.3 is 5.69 Å². The summed E-state index contributed by atoms with van der Waals surface area (Å²) < 4.78 is 6.41. The minimum absolute atomic E-state index is 0.0395. The maximum Gasteiger partial charge on any atom is 0.313 e. The number of benzene rings is 2. The first-order valence-electron chi connectivity index (χ1n) is 5.48. The molecule has 0 aliphatic rings. The van der Waals surface area contributed by atoms with Crippen LogP contribution < -0.4 is 4.74 Å². The molecule has 20 heavy (non-hydrogen) atoms. The van der Waals surface area contributed by atoms with Gasteiger partial charge in [-0.3, -0.25) is 10.1 Å². The highest BCUT2D eigenvalue weighted by molar-refractivity contribution is 9.10. The summed E-state index contributed by atoms with van der Waals surface area (Å²) in [6, 6.07) is 9.74. The molecule has 2 rings (SSSR count). The van der Waals surface area contributed by atoms with Crippen LogP contribution in [-0.4, -0.2) is 4.92 Å². The number of nitrogens with zero attached hydrogens (tertiary/aromatic N) is 1. The summed E-state index contributed by atoms with van der Waals surface area (Å²) >= 11 is 12.7. The summed E-state index contributed by atoms with van der Waals surface area (Å²) in [6.07, 6.45) is 0. The molecule has 2 aromatic rings. The molecular formula is C13H8Br2ClNO3. The molecule has 0 saturated carbocycles. The maximum atomic E-state index is 11.0. The molecule has 0 atom stereocenters. The van der Waals surface area contributed by atoms with Crippen molar-refractivity contribution in [3.05, 3.63) is 61.6 Å². The second kappa shape index (κ2) is 6.56. The largest absolute Gasteiger partial charge is 0.448 e. The molecule has 0 unspecified atom stereocenters. The molecule has 104 valence electrons. The first-order chi connectivity index (χ1) is 9.52. The van der Waals surface area contributed by atoms with Crippen molar-refractivity contribution in [1.29, 1.82) is 0 Å². The second-order valence-corrected chi connectivity index (χ2v) is 5.66. The average Bonchev–Trinajstić information content (AvgIpc) is 2.41. The quantitative estimate of drug-likeness (QED) is 0.362. The third kappa shape index (κ3) is 3.31. The lowest BCUT2D eigenvalue weighted by Gasteiger charge is -2.09. The van der Waals surface area contributed by atoms with E-state index in [4.69, 9.17) is 16.3 Å². The molecule has 0 heterocycles. The highest BCUT2D eigenvalue weighted by Crippen LogP contribution is 2.38. The molecule has 0 N–H and O–H groups in total. The zero-order chi connectivity index (χ0) is 14.7. The molecule has 0 saturated heterocycles. The highest BCUT2D eigenvalue weighted by atomic mass is 79.9. The van der Waals surface area contributed by atoms with Crippen LogP contribution in [0.3, 0.4) is 0 Å². The van der Waals surface area contributed by atoms with Crippen LogP contribution in [0, 0.1) is 10.1 Å². The van der Waals surface area contributed by atoms with Gasteiger partial charge in [-0.25, -0.2) is 0 Å². The van der Waals surface area contributed by atoms with Crippen LogP contribution in [0.25, 0.3) is 0 Å². The van der Waals surface area contributed by atoms with Crippen molar-refractivity contribution < 1.29 is 9.66 Å². The van der Waals surface area contributed by atoms with E-state index >= 15 is 0 Å². The summed E-state index contributed by atoms with van der Waals surface area (Å²) in [5, 5.41) is 11.9. The van der Waals surface area contributed by atoms with Crippen LogP contribution in [-0.2, 0) is 5.33 Å². The van der Waals surface area contributed by atoms with Crippen molar-refractivity contribution in [2.75, 3.05) is 0 Å². The van der Waals surface area contributed by atoms with E-state index in [1.165, 1.54) is 12.1 Å². The molecule has 0 aliphatic carbocycles. The summed E-state index contributed by atoms with van der Waals surface area (Å²) in [5.41, 5.74) is 0.879. The Kier molecular flexibility index (Phi) is 5.01. The van der Waals surface area contributed by atoms with Gasteiger partial charge in [0.1, 0.15) is 5.75 Å². The normalized spacial score (nSPS) is 10.3. The van der Waals surface area contributed by atoms with Crippen LogP contribution in [0.5, 0.6) is 11.5 Å². The Hall–Kier alpha value is -1.11. The SMILES string of the molecule is O=[N+]([O-])c1cccc(Cl)c1Oc1ccc(CBr)c(Br)c1. The molecule has 7 heteroatoms. The lowest BCUT2D eigenvalue weighted by atomic mass is 10.2. The van der Waals surface area contributed by atoms with Crippen LogP contribution in [0.15, 0.2) is 40.9 Å². The fourth-order valence-electron chi connectivity index (χ4n) is 1.56. The average molecular weight is 421 g/mol. The predicted octanol–water partition coefficient (Wildman–Crippen LogP) is 5.70. The van der Waals surface area contributed by atoms with E-state index in [2.05, 4.69) is 31.9 Å². The Labute approximate surface area is 137 Å². The molecule has 2 aromatic carbocycles. The molecule has 0 radical (unpaired) electrons. The maximum absolute atomic E-state index is 11.0. The van der Waals surface area contributed by atoms with Gasteiger partial charge in [0, 0.05) is 15.9 Å². The van der Waals surface area contributed by atoms with Gasteiger partial charge in [-0.15, -0.1) is 0 Å². The summed E-state index contributed by atoms with van der Waals surface area (Å²) in [7, 11) is 0. The number of nitro benzene ring substituents is 1. The van der Waals surface area contributed by atoms with Crippen molar-refractivity contribution in [1.82, 2.24) is 0 Å². The van der Waals surface area contributed by atoms with E-state index in [1.54, 1.807) is 18.2 Å². The predicted molar refractivity (Wildman–Crippen MR) is 85.0 cm³/mol. The van der Waals surface area contributed by atoms with Gasteiger partial charge in [0.05, 0.1) is 9.95 Å². The van der Waals surface area contributed by atoms with Gasteiger partial charge in [-0.2, -0.15) is 0 Å². The van der Waals surface area contributed by atoms with Gasteiger partial charge in [0.2, 0.25) is 5.75 Å². The van der Waals surface area contributed by atoms with Crippen LogP contribution in [0.2, 0.25) is 5.02 Å². The molecule has 0 amide bonds. The molecule has 0 aromatic heterocycles. The van der Waals surface area contributed by atoms with Crippen molar-refractivity contribution in [3.63, 3.8) is 0 Å². The third-order valence-corrected chi connectivity index (χ3v) is 4.17. The van der Waals surface area contributed by atoms with Gasteiger partial charge in [0.15, 0.2) is 0 Å². The molecule has 0 fully saturated rings. The Morgan fingerprint density at radius 2 is 2.05 bits per heavy atom. The number of para-hydroxylation sites is 1. The Morgan fingerprint density at radius 1 is 1.30 bits per heavy atom. The number of hydrogen-bond acceptors (Lipinski definition) is 3. The van der Waals surface area contributed by atoms with Gasteiger partial charge < -0.3 is 4.74 Å². The Balaban J connectivity index is 2.39. The number of halogens is 3. The van der Waals surface area contributed by atoms with Crippen molar-refractivity contribution in [2.45, 2.75) is 5.33 Å². The lowest BCUT2D eigenvalue weighted by Crippen LogP contribution is -1.94. The standard InChI is InChI=1S/C13H8Br2ClNO3/c14-7-8-4-5-9(6-10(8)15)20-13-11(16)2-1-3-12(13)17(18)19/h1-6H,7H2. The van der Waals surface area contributed by atoms with Crippen molar-refractivity contribution >= 4 is 49.1 Å². The van der Waals surface area contributed by atoms with Crippen molar-refractivity contribution in [2.24, 2.45) is 0 Å². The van der Waals surface area contributed by atoms with Crippen LogP contribution in [0.1, 0.15) is 5.56 Å². The number of nitro groups is 1. The molecular weight excluding hydrogens is 413 g/mol. The molecule has 0 spiro atoms. The monoisotopic (exact) mass is 419 g/mol. The first kappa shape index (κ1) is 15.3. The van der Waals surface area contributed by atoms with E-state index in [-0.39, 0.29) is 16.5 Å². The Bertz CT molecular complexity index is 664. The summed E-state index contributed by atoms with van der Waals surface area (Å²) in [4.78, 5) is 10.5. The van der Waals surface area contributed by atoms with Crippen LogP contribution in [0.4, 0.5) is 5.69 Å². The number of hydrogen-bond donors (Lipinski definition) is 0. The fraction of sp³-hybridized carbons (Fsp3) is 0.0769. The smallest absolute Gasteiger partial charge is 0.313 e. The topological polar surface area (TPSA) is 52.4 Å². The number of alkyl halides is 1. The third-order valence-electron chi connectivity index (χ3n) is 2.53. The minimum Gasteiger partial charge on any atom is -0.448 e. The minimum atomic E-state index is -0.525. The zero-order valence-corrected chi connectivity index (χ0v) is 13.9. The van der Waals surface area contributed by atoms with E-state index in [0.717, 1.165) is 10.0 Å². The van der Waals surface area contributed by atoms with E-state index < -0.39 is 4.92 Å². The second-order valence-electron chi connectivity index (χ2n) is 3.83. The molecule has 0 bridgehead atoms. The van der Waals surface area contributed by atoms with Crippen molar-refractivity contribution in [3.8, 4) is 11.5 Å². The molecule has 0 aliphatic heterocycles. The first-order valence-corrected chi connectivity index (χ1v) is 7.77. The van der Waals surface area contributed by atoms with E-state index in [9.17, 15) is 10.1 Å². The Morgan fingerprint density at radius 3 is 2.65 bits per heavy atom. The van der Waals surface area contributed by atoms with Gasteiger partial charge in [-0.05, 0) is 23.8 Å².